The molecular weight excluding hydrogens is 384 g/mol. The summed E-state index contributed by atoms with van der Waals surface area (Å²) in [6, 6.07) is 28.8. The quantitative estimate of drug-likeness (QED) is 0.364. The van der Waals surface area contributed by atoms with Gasteiger partial charge in [0, 0.05) is 22.1 Å². The molecule has 3 aromatic carbocycles. The Hall–Kier alpha value is -3.09. The summed E-state index contributed by atoms with van der Waals surface area (Å²) >= 11 is 3.46. The van der Waals surface area contributed by atoms with Gasteiger partial charge in [-0.25, -0.2) is 0 Å². The number of fused-ring (bicyclic) bond motifs is 1. The molecule has 0 saturated carbocycles. The molecule has 2 nitrogen and oxygen atoms in total. The Morgan fingerprint density at radius 3 is 2.42 bits per heavy atom. The molecule has 0 radical (unpaired) electrons. The minimum absolute atomic E-state index is 0.646. The minimum Gasteiger partial charge on any atom is -0.317 e. The zero-order valence-corrected chi connectivity index (χ0v) is 15.5. The SMILES string of the molecule is N#CC(=Cc1cccn1-c1ccc(Br)cc1)c1ccc2ccccc2c1. The number of hydrogen-bond acceptors (Lipinski definition) is 1. The van der Waals surface area contributed by atoms with E-state index in [1.165, 1.54) is 5.39 Å². The molecule has 0 fully saturated rings. The third-order valence-electron chi connectivity index (χ3n) is 4.36. The van der Waals surface area contributed by atoms with Crippen LogP contribution in [0.5, 0.6) is 0 Å². The zero-order chi connectivity index (χ0) is 17.9. The van der Waals surface area contributed by atoms with Gasteiger partial charge in [-0.3, -0.25) is 0 Å². The highest BCUT2D eigenvalue weighted by Gasteiger charge is 2.06. The van der Waals surface area contributed by atoms with Crippen molar-refractivity contribution in [1.82, 2.24) is 4.57 Å². The number of rotatable bonds is 3. The van der Waals surface area contributed by atoms with Gasteiger partial charge in [0.1, 0.15) is 0 Å². The molecule has 0 aliphatic heterocycles. The van der Waals surface area contributed by atoms with E-state index in [0.717, 1.165) is 26.8 Å². The summed E-state index contributed by atoms with van der Waals surface area (Å²) in [6.07, 6.45) is 3.94. The molecule has 0 bridgehead atoms. The van der Waals surface area contributed by atoms with E-state index in [9.17, 15) is 5.26 Å². The van der Waals surface area contributed by atoms with Crippen LogP contribution >= 0.6 is 15.9 Å². The summed E-state index contributed by atoms with van der Waals surface area (Å²) in [6.45, 7) is 0. The van der Waals surface area contributed by atoms with E-state index < -0.39 is 0 Å². The Balaban J connectivity index is 1.77. The van der Waals surface area contributed by atoms with Crippen molar-refractivity contribution in [2.45, 2.75) is 0 Å². The second-order valence-electron chi connectivity index (χ2n) is 6.01. The van der Waals surface area contributed by atoms with Crippen molar-refractivity contribution in [1.29, 1.82) is 5.26 Å². The summed E-state index contributed by atoms with van der Waals surface area (Å²) in [5, 5.41) is 12.0. The Bertz CT molecular complexity index is 1140. The van der Waals surface area contributed by atoms with E-state index in [4.69, 9.17) is 0 Å². The lowest BCUT2D eigenvalue weighted by molar-refractivity contribution is 1.06. The lowest BCUT2D eigenvalue weighted by Gasteiger charge is -2.08. The first kappa shape index (κ1) is 16.4. The molecule has 1 heterocycles. The second-order valence-corrected chi connectivity index (χ2v) is 6.93. The maximum absolute atomic E-state index is 9.71. The van der Waals surface area contributed by atoms with Gasteiger partial charge in [0.05, 0.1) is 11.6 Å². The molecule has 3 heteroatoms. The molecule has 0 aliphatic rings. The first-order valence-corrected chi connectivity index (χ1v) is 9.08. The normalized spacial score (nSPS) is 11.5. The van der Waals surface area contributed by atoms with Gasteiger partial charge < -0.3 is 4.57 Å². The van der Waals surface area contributed by atoms with Gasteiger partial charge >= 0.3 is 0 Å². The molecule has 0 aliphatic carbocycles. The van der Waals surface area contributed by atoms with Crippen molar-refractivity contribution >= 4 is 38.4 Å². The number of benzene rings is 3. The molecular formula is C23H15BrN2. The Morgan fingerprint density at radius 1 is 0.885 bits per heavy atom. The second kappa shape index (κ2) is 7.03. The monoisotopic (exact) mass is 398 g/mol. The topological polar surface area (TPSA) is 28.7 Å². The van der Waals surface area contributed by atoms with E-state index in [2.05, 4.69) is 50.8 Å². The van der Waals surface area contributed by atoms with Crippen LogP contribution in [0.2, 0.25) is 0 Å². The van der Waals surface area contributed by atoms with E-state index >= 15 is 0 Å². The molecule has 1 aromatic heterocycles. The van der Waals surface area contributed by atoms with Crippen molar-refractivity contribution in [3.8, 4) is 11.8 Å². The molecule has 124 valence electrons. The molecule has 0 atom stereocenters. The molecule has 0 unspecified atom stereocenters. The smallest absolute Gasteiger partial charge is 0.0998 e. The van der Waals surface area contributed by atoms with Crippen LogP contribution in [-0.4, -0.2) is 4.57 Å². The fourth-order valence-corrected chi connectivity index (χ4v) is 3.30. The number of aromatic nitrogens is 1. The predicted octanol–water partition coefficient (Wildman–Crippen LogP) is 6.46. The Kier molecular flexibility index (Phi) is 4.43. The van der Waals surface area contributed by atoms with Crippen LogP contribution < -0.4 is 0 Å². The van der Waals surface area contributed by atoms with Gasteiger partial charge in [0.25, 0.3) is 0 Å². The van der Waals surface area contributed by atoms with Crippen molar-refractivity contribution in [3.05, 3.63) is 101 Å². The predicted molar refractivity (Wildman–Crippen MR) is 111 cm³/mol. The number of nitriles is 1. The third kappa shape index (κ3) is 3.20. The van der Waals surface area contributed by atoms with E-state index in [0.29, 0.717) is 5.57 Å². The van der Waals surface area contributed by atoms with Crippen LogP contribution in [0.15, 0.2) is 89.5 Å². The summed E-state index contributed by atoms with van der Waals surface area (Å²) in [5.41, 5.74) is 3.60. The van der Waals surface area contributed by atoms with Crippen molar-refractivity contribution < 1.29 is 0 Å². The van der Waals surface area contributed by atoms with Gasteiger partial charge in [-0.1, -0.05) is 52.3 Å². The van der Waals surface area contributed by atoms with Crippen LogP contribution in [0.3, 0.4) is 0 Å². The van der Waals surface area contributed by atoms with Gasteiger partial charge in [-0.05, 0) is 64.9 Å². The lowest BCUT2D eigenvalue weighted by Crippen LogP contribution is -1.95. The highest BCUT2D eigenvalue weighted by molar-refractivity contribution is 9.10. The molecule has 0 spiro atoms. The summed E-state index contributed by atoms with van der Waals surface area (Å²) < 4.78 is 3.12. The van der Waals surface area contributed by atoms with Gasteiger partial charge in [0.15, 0.2) is 0 Å². The van der Waals surface area contributed by atoms with Crippen molar-refractivity contribution in [2.24, 2.45) is 0 Å². The van der Waals surface area contributed by atoms with Gasteiger partial charge in [-0.15, -0.1) is 0 Å². The van der Waals surface area contributed by atoms with E-state index in [-0.39, 0.29) is 0 Å². The van der Waals surface area contributed by atoms with Crippen molar-refractivity contribution in [3.63, 3.8) is 0 Å². The highest BCUT2D eigenvalue weighted by atomic mass is 79.9. The number of halogens is 1. The summed E-state index contributed by atoms with van der Waals surface area (Å²) in [5.74, 6) is 0. The van der Waals surface area contributed by atoms with Gasteiger partial charge in [0.2, 0.25) is 0 Å². The van der Waals surface area contributed by atoms with Crippen LogP contribution in [-0.2, 0) is 0 Å². The fourth-order valence-electron chi connectivity index (χ4n) is 3.03. The fraction of sp³-hybridized carbons (Fsp3) is 0. The minimum atomic E-state index is 0.646. The molecule has 4 aromatic rings. The lowest BCUT2D eigenvalue weighted by atomic mass is 10.0. The Labute approximate surface area is 160 Å². The first-order chi connectivity index (χ1) is 12.7. The molecule has 0 amide bonds. The zero-order valence-electron chi connectivity index (χ0n) is 13.9. The van der Waals surface area contributed by atoms with E-state index in [1.54, 1.807) is 0 Å². The van der Waals surface area contributed by atoms with Crippen LogP contribution in [0.4, 0.5) is 0 Å². The molecule has 26 heavy (non-hydrogen) atoms. The highest BCUT2D eigenvalue weighted by Crippen LogP contribution is 2.24. The maximum atomic E-state index is 9.71. The van der Waals surface area contributed by atoms with Crippen molar-refractivity contribution in [2.75, 3.05) is 0 Å². The largest absolute Gasteiger partial charge is 0.317 e. The van der Waals surface area contributed by atoms with Crippen LogP contribution in [0.25, 0.3) is 28.1 Å². The third-order valence-corrected chi connectivity index (χ3v) is 4.89. The van der Waals surface area contributed by atoms with Crippen LogP contribution in [0.1, 0.15) is 11.3 Å². The van der Waals surface area contributed by atoms with Gasteiger partial charge in [-0.2, -0.15) is 5.26 Å². The summed E-state index contributed by atoms with van der Waals surface area (Å²) in [7, 11) is 0. The summed E-state index contributed by atoms with van der Waals surface area (Å²) in [4.78, 5) is 0. The number of hydrogen-bond donors (Lipinski definition) is 0. The van der Waals surface area contributed by atoms with Crippen LogP contribution in [0, 0.1) is 11.3 Å². The number of allylic oxidation sites excluding steroid dienone is 1. The number of nitrogens with zero attached hydrogens (tertiary/aromatic N) is 2. The molecule has 0 N–H and O–H groups in total. The standard InChI is InChI=1S/C23H15BrN2/c24-21-9-11-22(12-10-21)26-13-3-6-23(26)15-20(16-25)19-8-7-17-4-1-2-5-18(17)14-19/h1-15H. The average Bonchev–Trinajstić information content (AvgIpc) is 3.14. The molecule has 4 rings (SSSR count). The average molecular weight is 399 g/mol. The maximum Gasteiger partial charge on any atom is 0.0998 e. The first-order valence-electron chi connectivity index (χ1n) is 8.29. The Morgan fingerprint density at radius 2 is 1.65 bits per heavy atom. The molecule has 0 saturated heterocycles. The van der Waals surface area contributed by atoms with E-state index in [1.807, 2.05) is 66.9 Å².